The molecule has 13 heavy (non-hydrogen) atoms. The van der Waals surface area contributed by atoms with Crippen molar-refractivity contribution in [1.82, 2.24) is 0 Å². The maximum atomic E-state index is 6.00. The first-order valence-corrected chi connectivity index (χ1v) is 5.14. The zero-order chi connectivity index (χ0) is 9.64. The summed E-state index contributed by atoms with van der Waals surface area (Å²) < 4.78 is 11.6. The molecule has 0 aromatic rings. The van der Waals surface area contributed by atoms with E-state index >= 15 is 0 Å². The molecule has 4 atom stereocenters. The fourth-order valence-electron chi connectivity index (χ4n) is 2.53. The van der Waals surface area contributed by atoms with Gasteiger partial charge in [-0.25, -0.2) is 0 Å². The van der Waals surface area contributed by atoms with E-state index in [-0.39, 0.29) is 18.2 Å². The minimum Gasteiger partial charge on any atom is -0.344 e. The van der Waals surface area contributed by atoms with Crippen molar-refractivity contribution in [2.24, 2.45) is 11.7 Å². The molecule has 0 aromatic heterocycles. The van der Waals surface area contributed by atoms with Crippen LogP contribution >= 0.6 is 0 Å². The second-order valence-corrected chi connectivity index (χ2v) is 4.63. The summed E-state index contributed by atoms with van der Waals surface area (Å²) in [5.41, 5.74) is 6.00. The van der Waals surface area contributed by atoms with Crippen molar-refractivity contribution in [3.05, 3.63) is 0 Å². The lowest BCUT2D eigenvalue weighted by molar-refractivity contribution is -0.157. The van der Waals surface area contributed by atoms with E-state index in [0.717, 1.165) is 12.8 Å². The molecule has 2 rings (SSSR count). The van der Waals surface area contributed by atoms with Crippen molar-refractivity contribution < 1.29 is 9.47 Å². The van der Waals surface area contributed by atoms with E-state index in [1.54, 1.807) is 0 Å². The Morgan fingerprint density at radius 3 is 2.54 bits per heavy atom. The van der Waals surface area contributed by atoms with Crippen LogP contribution in [0.3, 0.4) is 0 Å². The molecular formula is C10H19NO2. The van der Waals surface area contributed by atoms with E-state index in [0.29, 0.717) is 5.92 Å². The van der Waals surface area contributed by atoms with E-state index in [9.17, 15) is 0 Å². The van der Waals surface area contributed by atoms with Crippen molar-refractivity contribution in [2.45, 2.75) is 57.6 Å². The Kier molecular flexibility index (Phi) is 2.13. The highest BCUT2D eigenvalue weighted by Crippen LogP contribution is 2.41. The largest absolute Gasteiger partial charge is 0.344 e. The van der Waals surface area contributed by atoms with Crippen LogP contribution in [0.4, 0.5) is 0 Å². The second kappa shape index (κ2) is 2.94. The molecule has 1 saturated carbocycles. The highest BCUT2D eigenvalue weighted by molar-refractivity contribution is 4.99. The van der Waals surface area contributed by atoms with E-state index < -0.39 is 5.79 Å². The van der Waals surface area contributed by atoms with Crippen LogP contribution in [0.25, 0.3) is 0 Å². The molecule has 0 bridgehead atoms. The highest BCUT2D eigenvalue weighted by atomic mass is 16.8. The van der Waals surface area contributed by atoms with Gasteiger partial charge >= 0.3 is 0 Å². The molecule has 2 fully saturated rings. The zero-order valence-electron chi connectivity index (χ0n) is 8.62. The van der Waals surface area contributed by atoms with Gasteiger partial charge in [-0.2, -0.15) is 0 Å². The molecule has 1 saturated heterocycles. The summed E-state index contributed by atoms with van der Waals surface area (Å²) >= 11 is 0. The van der Waals surface area contributed by atoms with Gasteiger partial charge < -0.3 is 15.2 Å². The Morgan fingerprint density at radius 2 is 1.92 bits per heavy atom. The summed E-state index contributed by atoms with van der Waals surface area (Å²) in [7, 11) is 0. The van der Waals surface area contributed by atoms with Gasteiger partial charge in [0.05, 0.1) is 6.10 Å². The lowest BCUT2D eigenvalue weighted by atomic mass is 10.0. The Bertz CT molecular complexity index is 205. The van der Waals surface area contributed by atoms with Crippen LogP contribution in [0.2, 0.25) is 0 Å². The minimum atomic E-state index is -0.430. The van der Waals surface area contributed by atoms with E-state index in [1.807, 2.05) is 13.8 Å². The number of hydrogen-bond donors (Lipinski definition) is 1. The van der Waals surface area contributed by atoms with Crippen LogP contribution in [0.5, 0.6) is 0 Å². The monoisotopic (exact) mass is 185 g/mol. The number of ether oxygens (including phenoxy) is 2. The molecule has 2 N–H and O–H groups in total. The van der Waals surface area contributed by atoms with Crippen molar-refractivity contribution in [1.29, 1.82) is 0 Å². The standard InChI is InChI=1S/C10H19NO2/c1-4-6-5-7(11)9-8(6)12-10(2,3)13-9/h6-9H,4-5,11H2,1-3H3/t6-,7+,8+,9-/m0/s1. The van der Waals surface area contributed by atoms with Crippen molar-refractivity contribution >= 4 is 0 Å². The molecule has 3 nitrogen and oxygen atoms in total. The molecular weight excluding hydrogens is 166 g/mol. The molecule has 0 aromatic carbocycles. The predicted octanol–water partition coefficient (Wildman–Crippen LogP) is 1.26. The quantitative estimate of drug-likeness (QED) is 0.669. The van der Waals surface area contributed by atoms with Crippen molar-refractivity contribution in [3.63, 3.8) is 0 Å². The maximum absolute atomic E-state index is 6.00. The van der Waals surface area contributed by atoms with Gasteiger partial charge in [0.2, 0.25) is 0 Å². The molecule has 0 spiro atoms. The minimum absolute atomic E-state index is 0.125. The fraction of sp³-hybridized carbons (Fsp3) is 1.00. The number of fused-ring (bicyclic) bond motifs is 1. The second-order valence-electron chi connectivity index (χ2n) is 4.63. The Balaban J connectivity index is 2.12. The molecule has 1 heterocycles. The van der Waals surface area contributed by atoms with Crippen molar-refractivity contribution in [2.75, 3.05) is 0 Å². The first kappa shape index (κ1) is 9.44. The van der Waals surface area contributed by atoms with Crippen LogP contribution in [0.15, 0.2) is 0 Å². The molecule has 2 aliphatic rings. The molecule has 0 radical (unpaired) electrons. The van der Waals surface area contributed by atoms with Gasteiger partial charge in [-0.1, -0.05) is 13.3 Å². The highest BCUT2D eigenvalue weighted by Gasteiger charge is 2.51. The number of rotatable bonds is 1. The summed E-state index contributed by atoms with van der Waals surface area (Å²) in [6, 6.07) is 0.164. The first-order valence-electron chi connectivity index (χ1n) is 5.14. The molecule has 3 heteroatoms. The lowest BCUT2D eigenvalue weighted by Gasteiger charge is -2.21. The summed E-state index contributed by atoms with van der Waals surface area (Å²) in [5.74, 6) is 0.155. The first-order chi connectivity index (χ1) is 6.03. The molecule has 0 unspecified atom stereocenters. The molecule has 0 amide bonds. The van der Waals surface area contributed by atoms with Gasteiger partial charge in [0.15, 0.2) is 5.79 Å². The third-order valence-electron chi connectivity index (χ3n) is 3.15. The molecule has 1 aliphatic carbocycles. The third-order valence-corrected chi connectivity index (χ3v) is 3.15. The van der Waals surface area contributed by atoms with Gasteiger partial charge in [0.1, 0.15) is 6.10 Å². The third kappa shape index (κ3) is 1.49. The Labute approximate surface area is 79.6 Å². The number of nitrogens with two attached hydrogens (primary N) is 1. The summed E-state index contributed by atoms with van der Waals surface area (Å²) in [6.45, 7) is 6.12. The van der Waals surface area contributed by atoms with Gasteiger partial charge in [0, 0.05) is 6.04 Å². The normalized spacial score (nSPS) is 48.0. The topological polar surface area (TPSA) is 44.5 Å². The van der Waals surface area contributed by atoms with Crippen LogP contribution in [-0.4, -0.2) is 24.0 Å². The Hall–Kier alpha value is -0.120. The van der Waals surface area contributed by atoms with E-state index in [1.165, 1.54) is 0 Å². The number of hydrogen-bond acceptors (Lipinski definition) is 3. The molecule has 76 valence electrons. The van der Waals surface area contributed by atoms with Crippen LogP contribution in [0.1, 0.15) is 33.6 Å². The summed E-state index contributed by atoms with van der Waals surface area (Å²) in [5, 5.41) is 0. The average molecular weight is 185 g/mol. The Morgan fingerprint density at radius 1 is 1.31 bits per heavy atom. The summed E-state index contributed by atoms with van der Waals surface area (Å²) in [4.78, 5) is 0. The van der Waals surface area contributed by atoms with E-state index in [2.05, 4.69) is 6.92 Å². The van der Waals surface area contributed by atoms with Crippen LogP contribution in [-0.2, 0) is 9.47 Å². The average Bonchev–Trinajstić information content (AvgIpc) is 2.47. The fourth-order valence-corrected chi connectivity index (χ4v) is 2.53. The van der Waals surface area contributed by atoms with Gasteiger partial charge in [-0.3, -0.25) is 0 Å². The van der Waals surface area contributed by atoms with Crippen LogP contribution in [0, 0.1) is 5.92 Å². The van der Waals surface area contributed by atoms with Crippen LogP contribution < -0.4 is 5.73 Å². The molecule has 1 aliphatic heterocycles. The van der Waals surface area contributed by atoms with Crippen molar-refractivity contribution in [3.8, 4) is 0 Å². The SMILES string of the molecule is CC[C@H]1C[C@@H](N)[C@@H]2OC(C)(C)O[C@H]12. The van der Waals surface area contributed by atoms with Gasteiger partial charge in [-0.05, 0) is 26.2 Å². The van der Waals surface area contributed by atoms with E-state index in [4.69, 9.17) is 15.2 Å². The van der Waals surface area contributed by atoms with Gasteiger partial charge in [-0.15, -0.1) is 0 Å². The maximum Gasteiger partial charge on any atom is 0.163 e. The zero-order valence-corrected chi connectivity index (χ0v) is 8.62. The smallest absolute Gasteiger partial charge is 0.163 e. The predicted molar refractivity (Wildman–Crippen MR) is 50.2 cm³/mol. The summed E-state index contributed by atoms with van der Waals surface area (Å²) in [6.07, 6.45) is 2.53. The lowest BCUT2D eigenvalue weighted by Crippen LogP contribution is -2.34. The van der Waals surface area contributed by atoms with Gasteiger partial charge in [0.25, 0.3) is 0 Å².